The second-order valence-corrected chi connectivity index (χ2v) is 6.89. The van der Waals surface area contributed by atoms with Gasteiger partial charge in [0.05, 0.1) is 19.8 Å². The SMILES string of the molecule is COc1cc(ON)cc(OC)c1CN(C)CCCCCC(=O)Nc1ccccc1. The molecule has 0 aliphatic carbocycles. The van der Waals surface area contributed by atoms with Crippen LogP contribution in [0.4, 0.5) is 5.69 Å². The van der Waals surface area contributed by atoms with E-state index in [-0.39, 0.29) is 5.91 Å². The third-order valence-electron chi connectivity index (χ3n) is 4.65. The molecule has 2 rings (SSSR count). The van der Waals surface area contributed by atoms with Crippen LogP contribution in [-0.4, -0.2) is 38.6 Å². The zero-order valence-electron chi connectivity index (χ0n) is 17.4. The van der Waals surface area contributed by atoms with Crippen molar-refractivity contribution in [3.8, 4) is 17.2 Å². The molecule has 0 unspecified atom stereocenters. The number of carbonyl (C=O) groups is 1. The highest BCUT2D eigenvalue weighted by molar-refractivity contribution is 5.90. The van der Waals surface area contributed by atoms with Crippen molar-refractivity contribution >= 4 is 11.6 Å². The smallest absolute Gasteiger partial charge is 0.224 e. The molecular weight excluding hydrogens is 370 g/mol. The monoisotopic (exact) mass is 401 g/mol. The summed E-state index contributed by atoms with van der Waals surface area (Å²) < 4.78 is 10.9. The number of anilines is 1. The molecule has 29 heavy (non-hydrogen) atoms. The van der Waals surface area contributed by atoms with Crippen LogP contribution in [-0.2, 0) is 11.3 Å². The molecule has 0 radical (unpaired) electrons. The van der Waals surface area contributed by atoms with E-state index in [1.165, 1.54) is 0 Å². The first-order valence-corrected chi connectivity index (χ1v) is 9.72. The molecule has 3 N–H and O–H groups in total. The molecule has 0 fully saturated rings. The average molecular weight is 402 g/mol. The van der Waals surface area contributed by atoms with Gasteiger partial charge in [-0.3, -0.25) is 4.79 Å². The molecule has 2 aromatic rings. The second kappa shape index (κ2) is 11.9. The van der Waals surface area contributed by atoms with E-state index in [0.717, 1.165) is 37.1 Å². The van der Waals surface area contributed by atoms with Gasteiger partial charge < -0.3 is 24.5 Å². The van der Waals surface area contributed by atoms with Gasteiger partial charge in [-0.05, 0) is 38.6 Å². The number of para-hydroxylation sites is 1. The van der Waals surface area contributed by atoms with E-state index >= 15 is 0 Å². The Morgan fingerprint density at radius 1 is 1.03 bits per heavy atom. The Hall–Kier alpha value is -2.77. The molecule has 0 saturated carbocycles. The van der Waals surface area contributed by atoms with Gasteiger partial charge in [-0.2, -0.15) is 5.90 Å². The van der Waals surface area contributed by atoms with Crippen molar-refractivity contribution in [2.75, 3.05) is 33.1 Å². The Morgan fingerprint density at radius 2 is 1.69 bits per heavy atom. The molecule has 7 heteroatoms. The average Bonchev–Trinajstić information content (AvgIpc) is 2.74. The van der Waals surface area contributed by atoms with Gasteiger partial charge in [0.25, 0.3) is 0 Å². The minimum Gasteiger partial charge on any atom is -0.496 e. The third kappa shape index (κ3) is 7.29. The zero-order chi connectivity index (χ0) is 21.1. The normalized spacial score (nSPS) is 10.7. The Balaban J connectivity index is 1.74. The predicted octanol–water partition coefficient (Wildman–Crippen LogP) is 3.59. The van der Waals surface area contributed by atoms with Crippen LogP contribution in [0, 0.1) is 0 Å². The van der Waals surface area contributed by atoms with Crippen LogP contribution in [0.1, 0.15) is 31.2 Å². The van der Waals surface area contributed by atoms with Crippen molar-refractivity contribution in [2.45, 2.75) is 32.2 Å². The van der Waals surface area contributed by atoms with E-state index in [9.17, 15) is 4.79 Å². The molecule has 158 valence electrons. The number of hydrogen-bond donors (Lipinski definition) is 2. The van der Waals surface area contributed by atoms with Crippen LogP contribution < -0.4 is 25.5 Å². The van der Waals surface area contributed by atoms with Gasteiger partial charge in [0.15, 0.2) is 5.75 Å². The lowest BCUT2D eigenvalue weighted by atomic mass is 10.1. The highest BCUT2D eigenvalue weighted by Gasteiger charge is 2.15. The molecule has 0 atom stereocenters. The molecular formula is C22H31N3O4. The van der Waals surface area contributed by atoms with Gasteiger partial charge in [0.1, 0.15) is 11.5 Å². The van der Waals surface area contributed by atoms with Crippen molar-refractivity contribution < 1.29 is 19.1 Å². The van der Waals surface area contributed by atoms with E-state index < -0.39 is 0 Å². The van der Waals surface area contributed by atoms with Crippen LogP contribution in [0.2, 0.25) is 0 Å². The van der Waals surface area contributed by atoms with E-state index in [1.54, 1.807) is 26.4 Å². The lowest BCUT2D eigenvalue weighted by Crippen LogP contribution is -2.20. The van der Waals surface area contributed by atoms with E-state index in [2.05, 4.69) is 10.2 Å². The summed E-state index contributed by atoms with van der Waals surface area (Å²) in [5, 5.41) is 2.91. The maximum atomic E-state index is 12.0. The van der Waals surface area contributed by atoms with Crippen LogP contribution >= 0.6 is 0 Å². The number of carbonyl (C=O) groups excluding carboxylic acids is 1. The number of nitrogens with zero attached hydrogens (tertiary/aromatic N) is 1. The van der Waals surface area contributed by atoms with Crippen LogP contribution in [0.25, 0.3) is 0 Å². The summed E-state index contributed by atoms with van der Waals surface area (Å²) in [6.07, 6.45) is 3.38. The van der Waals surface area contributed by atoms with Crippen LogP contribution in [0.5, 0.6) is 17.2 Å². The van der Waals surface area contributed by atoms with Crippen molar-refractivity contribution in [1.82, 2.24) is 4.90 Å². The Morgan fingerprint density at radius 3 is 2.28 bits per heavy atom. The summed E-state index contributed by atoms with van der Waals surface area (Å²) in [7, 11) is 5.27. The molecule has 7 nitrogen and oxygen atoms in total. The maximum absolute atomic E-state index is 12.0. The predicted molar refractivity (Wildman–Crippen MR) is 114 cm³/mol. The lowest BCUT2D eigenvalue weighted by Gasteiger charge is -2.21. The molecule has 0 aliphatic rings. The van der Waals surface area contributed by atoms with Crippen molar-refractivity contribution in [3.63, 3.8) is 0 Å². The minimum atomic E-state index is 0.0567. The van der Waals surface area contributed by atoms with Gasteiger partial charge in [-0.1, -0.05) is 24.6 Å². The fourth-order valence-corrected chi connectivity index (χ4v) is 3.12. The number of benzene rings is 2. The molecule has 0 bridgehead atoms. The highest BCUT2D eigenvalue weighted by atomic mass is 16.6. The summed E-state index contributed by atoms with van der Waals surface area (Å²) in [5.41, 5.74) is 1.78. The number of rotatable bonds is 12. The van der Waals surface area contributed by atoms with Gasteiger partial charge in [0, 0.05) is 30.8 Å². The molecule has 0 saturated heterocycles. The first kappa shape index (κ1) is 22.5. The summed E-state index contributed by atoms with van der Waals surface area (Å²) >= 11 is 0. The zero-order valence-corrected chi connectivity index (χ0v) is 17.4. The summed E-state index contributed by atoms with van der Waals surface area (Å²) in [6, 6.07) is 13.0. The molecule has 0 spiro atoms. The fourth-order valence-electron chi connectivity index (χ4n) is 3.12. The van der Waals surface area contributed by atoms with Crippen molar-refractivity contribution in [2.24, 2.45) is 5.90 Å². The van der Waals surface area contributed by atoms with Gasteiger partial charge in [-0.15, -0.1) is 0 Å². The molecule has 1 amide bonds. The molecule has 2 aromatic carbocycles. The summed E-state index contributed by atoms with van der Waals surface area (Å²) in [5.74, 6) is 7.15. The molecule has 0 aromatic heterocycles. The first-order chi connectivity index (χ1) is 14.1. The standard InChI is InChI=1S/C22H31N3O4/c1-25(16-19-20(27-2)14-18(29-23)15-21(19)28-3)13-9-5-8-12-22(26)24-17-10-6-4-7-11-17/h4,6-7,10-11,14-15H,5,8-9,12-13,16,23H2,1-3H3,(H,24,26). The number of amides is 1. The first-order valence-electron chi connectivity index (χ1n) is 9.72. The van der Waals surface area contributed by atoms with Crippen molar-refractivity contribution in [3.05, 3.63) is 48.0 Å². The topological polar surface area (TPSA) is 86.1 Å². The van der Waals surface area contributed by atoms with Crippen LogP contribution in [0.15, 0.2) is 42.5 Å². The number of hydrogen-bond acceptors (Lipinski definition) is 6. The van der Waals surface area contributed by atoms with Gasteiger partial charge >= 0.3 is 0 Å². The van der Waals surface area contributed by atoms with Crippen LogP contribution in [0.3, 0.4) is 0 Å². The van der Waals surface area contributed by atoms with E-state index in [4.69, 9.17) is 20.2 Å². The second-order valence-electron chi connectivity index (χ2n) is 6.89. The Kier molecular flexibility index (Phi) is 9.27. The Labute approximate surface area is 172 Å². The van der Waals surface area contributed by atoms with E-state index in [0.29, 0.717) is 30.2 Å². The van der Waals surface area contributed by atoms with Gasteiger partial charge in [-0.25, -0.2) is 0 Å². The van der Waals surface area contributed by atoms with Gasteiger partial charge in [0.2, 0.25) is 5.91 Å². The number of unbranched alkanes of at least 4 members (excludes halogenated alkanes) is 2. The number of nitrogens with two attached hydrogens (primary N) is 1. The third-order valence-corrected chi connectivity index (χ3v) is 4.65. The molecule has 0 aliphatic heterocycles. The number of methoxy groups -OCH3 is 2. The van der Waals surface area contributed by atoms with E-state index in [1.807, 2.05) is 37.4 Å². The largest absolute Gasteiger partial charge is 0.496 e. The Bertz CT molecular complexity index is 743. The fraction of sp³-hybridized carbons (Fsp3) is 0.409. The minimum absolute atomic E-state index is 0.0567. The number of nitrogens with one attached hydrogen (secondary N) is 1. The molecule has 0 heterocycles. The quantitative estimate of drug-likeness (QED) is 0.418. The summed E-state index contributed by atoms with van der Waals surface area (Å²) in [6.45, 7) is 1.58. The highest BCUT2D eigenvalue weighted by Crippen LogP contribution is 2.34. The summed E-state index contributed by atoms with van der Waals surface area (Å²) in [4.78, 5) is 19.0. The maximum Gasteiger partial charge on any atom is 0.224 e. The number of ether oxygens (including phenoxy) is 2. The van der Waals surface area contributed by atoms with Crippen molar-refractivity contribution in [1.29, 1.82) is 0 Å². The lowest BCUT2D eigenvalue weighted by molar-refractivity contribution is -0.116.